The first kappa shape index (κ1) is 16.4. The minimum atomic E-state index is -3.17. The minimum absolute atomic E-state index is 0.154. The van der Waals surface area contributed by atoms with E-state index in [1.165, 1.54) is 6.26 Å². The average molecular weight is 330 g/mol. The molecule has 0 unspecified atom stereocenters. The lowest BCUT2D eigenvalue weighted by molar-refractivity contribution is -0.120. The van der Waals surface area contributed by atoms with Gasteiger partial charge in [-0.1, -0.05) is 12.8 Å². The van der Waals surface area contributed by atoms with Crippen LogP contribution in [-0.4, -0.2) is 36.9 Å². The zero-order valence-electron chi connectivity index (χ0n) is 12.7. The molecule has 1 heterocycles. The molecule has 1 N–H and O–H groups in total. The number of amides is 1. The van der Waals surface area contributed by atoms with E-state index < -0.39 is 14.6 Å². The van der Waals surface area contributed by atoms with E-state index >= 15 is 0 Å². The lowest BCUT2D eigenvalue weighted by Gasteiger charge is -2.27. The summed E-state index contributed by atoms with van der Waals surface area (Å²) in [4.78, 5) is 17.4. The number of aryl methyl sites for hydroxylation is 2. The Morgan fingerprint density at radius 3 is 2.43 bits per heavy atom. The number of thiazole rings is 1. The van der Waals surface area contributed by atoms with Crippen molar-refractivity contribution < 1.29 is 13.2 Å². The summed E-state index contributed by atoms with van der Waals surface area (Å²) in [6.07, 6.45) is 4.59. The van der Waals surface area contributed by atoms with Crippen LogP contribution in [0, 0.1) is 13.8 Å². The molecule has 118 valence electrons. The zero-order chi connectivity index (χ0) is 15.7. The summed E-state index contributed by atoms with van der Waals surface area (Å²) < 4.78 is 23.3. The van der Waals surface area contributed by atoms with Crippen LogP contribution in [-0.2, 0) is 21.1 Å². The van der Waals surface area contributed by atoms with Crippen molar-refractivity contribution in [2.45, 2.75) is 50.7 Å². The molecule has 1 aromatic heterocycles. The van der Waals surface area contributed by atoms with Crippen LogP contribution in [0.4, 0.5) is 0 Å². The quantitative estimate of drug-likeness (QED) is 0.893. The van der Waals surface area contributed by atoms with Crippen LogP contribution >= 0.6 is 11.3 Å². The van der Waals surface area contributed by atoms with Crippen molar-refractivity contribution in [3.05, 3.63) is 15.6 Å². The SMILES string of the molecule is Cc1nc(CC(=O)NCC2(S(C)(=O)=O)CCCC2)c(C)s1. The highest BCUT2D eigenvalue weighted by atomic mass is 32.2. The van der Waals surface area contributed by atoms with E-state index in [2.05, 4.69) is 10.3 Å². The summed E-state index contributed by atoms with van der Waals surface area (Å²) >= 11 is 1.57. The molecule has 0 atom stereocenters. The van der Waals surface area contributed by atoms with Crippen molar-refractivity contribution >= 4 is 27.1 Å². The van der Waals surface area contributed by atoms with Crippen LogP contribution in [0.3, 0.4) is 0 Å². The van der Waals surface area contributed by atoms with Gasteiger partial charge in [0, 0.05) is 17.7 Å². The lowest BCUT2D eigenvalue weighted by atomic mass is 10.1. The molecule has 0 spiro atoms. The van der Waals surface area contributed by atoms with Gasteiger partial charge in [0.1, 0.15) is 0 Å². The molecule has 0 aliphatic heterocycles. The smallest absolute Gasteiger partial charge is 0.226 e. The van der Waals surface area contributed by atoms with Crippen LogP contribution < -0.4 is 5.32 Å². The van der Waals surface area contributed by atoms with Crippen LogP contribution in [0.2, 0.25) is 0 Å². The monoisotopic (exact) mass is 330 g/mol. The van der Waals surface area contributed by atoms with E-state index in [1.807, 2.05) is 13.8 Å². The number of rotatable bonds is 5. The molecule has 1 saturated carbocycles. The normalized spacial score (nSPS) is 17.9. The second-order valence-corrected chi connectivity index (χ2v) is 9.67. The Hall–Kier alpha value is -0.950. The predicted octanol–water partition coefficient (Wildman–Crippen LogP) is 1.78. The topological polar surface area (TPSA) is 76.1 Å². The van der Waals surface area contributed by atoms with Gasteiger partial charge in [-0.3, -0.25) is 4.79 Å². The molecule has 1 amide bonds. The van der Waals surface area contributed by atoms with Crippen LogP contribution in [0.15, 0.2) is 0 Å². The van der Waals surface area contributed by atoms with Crippen molar-refractivity contribution in [1.29, 1.82) is 0 Å². The molecular weight excluding hydrogens is 308 g/mol. The number of nitrogens with one attached hydrogen (secondary N) is 1. The van der Waals surface area contributed by atoms with Crippen molar-refractivity contribution in [2.24, 2.45) is 0 Å². The van der Waals surface area contributed by atoms with Crippen LogP contribution in [0.25, 0.3) is 0 Å². The standard InChI is InChI=1S/C14H22N2O3S2/c1-10-12(16-11(2)20-10)8-13(17)15-9-14(21(3,18)19)6-4-5-7-14/h4-9H2,1-3H3,(H,15,17). The second kappa shape index (κ2) is 6.04. The van der Waals surface area contributed by atoms with Gasteiger partial charge in [0.15, 0.2) is 9.84 Å². The first-order chi connectivity index (χ1) is 9.73. The molecule has 1 aliphatic carbocycles. The molecule has 1 aromatic rings. The summed E-state index contributed by atoms with van der Waals surface area (Å²) in [5, 5.41) is 3.75. The first-order valence-electron chi connectivity index (χ1n) is 7.13. The number of aromatic nitrogens is 1. The van der Waals surface area contributed by atoms with Gasteiger partial charge < -0.3 is 5.32 Å². The van der Waals surface area contributed by atoms with Gasteiger partial charge >= 0.3 is 0 Å². The van der Waals surface area contributed by atoms with Gasteiger partial charge in [0.25, 0.3) is 0 Å². The summed E-state index contributed by atoms with van der Waals surface area (Å²) in [5.74, 6) is -0.154. The summed E-state index contributed by atoms with van der Waals surface area (Å²) in [6.45, 7) is 4.07. The third-order valence-electron chi connectivity index (χ3n) is 4.24. The molecule has 7 heteroatoms. The number of nitrogens with zero attached hydrogens (tertiary/aromatic N) is 1. The van der Waals surface area contributed by atoms with Gasteiger partial charge in [-0.15, -0.1) is 11.3 Å². The maximum absolute atomic E-state index is 12.1. The zero-order valence-corrected chi connectivity index (χ0v) is 14.4. The first-order valence-corrected chi connectivity index (χ1v) is 9.83. The fourth-order valence-electron chi connectivity index (χ4n) is 2.91. The number of carbonyl (C=O) groups is 1. The fourth-order valence-corrected chi connectivity index (χ4v) is 5.11. The molecule has 21 heavy (non-hydrogen) atoms. The number of carbonyl (C=O) groups excluding carboxylic acids is 1. The Bertz CT molecular complexity index is 629. The van der Waals surface area contributed by atoms with Gasteiger partial charge in [-0.05, 0) is 26.7 Å². The van der Waals surface area contributed by atoms with Gasteiger partial charge in [0.2, 0.25) is 5.91 Å². The molecule has 1 aliphatic rings. The van der Waals surface area contributed by atoms with Crippen molar-refractivity contribution in [2.75, 3.05) is 12.8 Å². The van der Waals surface area contributed by atoms with E-state index in [1.54, 1.807) is 11.3 Å². The Kier molecular flexibility index (Phi) is 4.72. The molecule has 1 fully saturated rings. The fraction of sp³-hybridized carbons (Fsp3) is 0.714. The molecule has 0 bridgehead atoms. The Labute approximate surface area is 130 Å². The molecule has 0 aromatic carbocycles. The molecular formula is C14H22N2O3S2. The largest absolute Gasteiger partial charge is 0.354 e. The number of hydrogen-bond donors (Lipinski definition) is 1. The van der Waals surface area contributed by atoms with E-state index in [9.17, 15) is 13.2 Å². The van der Waals surface area contributed by atoms with Crippen molar-refractivity contribution in [3.8, 4) is 0 Å². The Morgan fingerprint density at radius 2 is 1.95 bits per heavy atom. The highest BCUT2D eigenvalue weighted by molar-refractivity contribution is 7.92. The van der Waals surface area contributed by atoms with E-state index in [4.69, 9.17) is 0 Å². The number of sulfone groups is 1. The molecule has 2 rings (SSSR count). The van der Waals surface area contributed by atoms with Gasteiger partial charge in [0.05, 0.1) is 21.9 Å². The van der Waals surface area contributed by atoms with Gasteiger partial charge in [-0.25, -0.2) is 13.4 Å². The summed E-state index contributed by atoms with van der Waals surface area (Å²) in [6, 6.07) is 0. The van der Waals surface area contributed by atoms with Crippen molar-refractivity contribution in [3.63, 3.8) is 0 Å². The summed E-state index contributed by atoms with van der Waals surface area (Å²) in [5.41, 5.74) is 0.787. The maximum atomic E-state index is 12.1. The predicted molar refractivity (Wildman–Crippen MR) is 84.3 cm³/mol. The molecule has 0 radical (unpaired) electrons. The van der Waals surface area contributed by atoms with Crippen molar-refractivity contribution in [1.82, 2.24) is 10.3 Å². The van der Waals surface area contributed by atoms with E-state index in [0.717, 1.165) is 28.4 Å². The lowest BCUT2D eigenvalue weighted by Crippen LogP contribution is -2.46. The number of hydrogen-bond acceptors (Lipinski definition) is 5. The van der Waals surface area contributed by atoms with E-state index in [-0.39, 0.29) is 18.9 Å². The minimum Gasteiger partial charge on any atom is -0.354 e. The third kappa shape index (κ3) is 3.63. The Balaban J connectivity index is 1.99. The van der Waals surface area contributed by atoms with Gasteiger partial charge in [-0.2, -0.15) is 0 Å². The average Bonchev–Trinajstić information content (AvgIpc) is 2.95. The second-order valence-electron chi connectivity index (χ2n) is 5.85. The maximum Gasteiger partial charge on any atom is 0.226 e. The van der Waals surface area contributed by atoms with Crippen LogP contribution in [0.5, 0.6) is 0 Å². The third-order valence-corrected chi connectivity index (χ3v) is 7.29. The highest BCUT2D eigenvalue weighted by Crippen LogP contribution is 2.35. The Morgan fingerprint density at radius 1 is 1.33 bits per heavy atom. The van der Waals surface area contributed by atoms with Crippen LogP contribution in [0.1, 0.15) is 41.3 Å². The molecule has 0 saturated heterocycles. The highest BCUT2D eigenvalue weighted by Gasteiger charge is 2.43. The molecule has 5 nitrogen and oxygen atoms in total. The summed E-state index contributed by atoms with van der Waals surface area (Å²) in [7, 11) is -3.17. The van der Waals surface area contributed by atoms with E-state index in [0.29, 0.717) is 12.8 Å².